The molecule has 0 fully saturated rings. The van der Waals surface area contributed by atoms with Crippen molar-refractivity contribution in [2.24, 2.45) is 0 Å². The molecule has 2 aromatic carbocycles. The van der Waals surface area contributed by atoms with E-state index in [0.29, 0.717) is 13.0 Å². The Hall–Kier alpha value is -2.68. The summed E-state index contributed by atoms with van der Waals surface area (Å²) in [4.78, 5) is 16.1. The van der Waals surface area contributed by atoms with E-state index >= 15 is 0 Å². The second-order valence-electron chi connectivity index (χ2n) is 5.70. The molecular weight excluding hydrogens is 298 g/mol. The number of para-hydroxylation sites is 1. The number of nitrogens with zero attached hydrogens (tertiary/aromatic N) is 1. The number of carbonyl (C=O) groups excluding carboxylic acids is 1. The highest BCUT2D eigenvalue weighted by molar-refractivity contribution is 5.95. The van der Waals surface area contributed by atoms with Gasteiger partial charge in [0.25, 0.3) is 0 Å². The molecule has 3 rings (SSSR count). The van der Waals surface area contributed by atoms with Gasteiger partial charge >= 0.3 is 5.97 Å². The Bertz CT molecular complexity index is 828. The van der Waals surface area contributed by atoms with Gasteiger partial charge in [-0.15, -0.1) is 0 Å². The Morgan fingerprint density at radius 2 is 1.88 bits per heavy atom. The monoisotopic (exact) mass is 319 g/mol. The van der Waals surface area contributed by atoms with Crippen LogP contribution in [0.2, 0.25) is 0 Å². The molecule has 0 bridgehead atoms. The lowest BCUT2D eigenvalue weighted by molar-refractivity contribution is -0.143. The van der Waals surface area contributed by atoms with E-state index in [4.69, 9.17) is 4.74 Å². The molecule has 0 amide bonds. The molecule has 122 valence electrons. The Morgan fingerprint density at radius 1 is 1.04 bits per heavy atom. The van der Waals surface area contributed by atoms with Crippen LogP contribution < -0.4 is 0 Å². The van der Waals surface area contributed by atoms with Gasteiger partial charge in [0.1, 0.15) is 0 Å². The predicted octanol–water partition coefficient (Wildman–Crippen LogP) is 4.79. The molecule has 0 unspecified atom stereocenters. The maximum Gasteiger partial charge on any atom is 0.305 e. The SMILES string of the molecule is CCOC(=O)CCCc1cccc2c(-c3ccccc3)ccnc12. The number of ether oxygens (including phenoxy) is 1. The third kappa shape index (κ3) is 3.62. The van der Waals surface area contributed by atoms with Crippen LogP contribution in [0.5, 0.6) is 0 Å². The van der Waals surface area contributed by atoms with Crippen molar-refractivity contribution in [1.82, 2.24) is 4.98 Å². The summed E-state index contributed by atoms with van der Waals surface area (Å²) in [6.07, 6.45) is 3.90. The molecule has 0 aliphatic carbocycles. The summed E-state index contributed by atoms with van der Waals surface area (Å²) in [5, 5.41) is 1.15. The molecule has 0 aliphatic rings. The van der Waals surface area contributed by atoms with E-state index in [1.54, 1.807) is 0 Å². The highest BCUT2D eigenvalue weighted by Crippen LogP contribution is 2.29. The first-order valence-corrected chi connectivity index (χ1v) is 8.37. The van der Waals surface area contributed by atoms with E-state index < -0.39 is 0 Å². The smallest absolute Gasteiger partial charge is 0.305 e. The van der Waals surface area contributed by atoms with E-state index in [2.05, 4.69) is 41.4 Å². The number of carbonyl (C=O) groups is 1. The highest BCUT2D eigenvalue weighted by atomic mass is 16.5. The number of hydrogen-bond acceptors (Lipinski definition) is 3. The summed E-state index contributed by atoms with van der Waals surface area (Å²) >= 11 is 0. The van der Waals surface area contributed by atoms with Gasteiger partial charge in [-0.1, -0.05) is 48.5 Å². The standard InChI is InChI=1S/C21H21NO2/c1-2-24-20(23)13-7-11-17-10-6-12-19-18(14-15-22-21(17)19)16-8-4-3-5-9-16/h3-6,8-10,12,14-15H,2,7,11,13H2,1H3. The summed E-state index contributed by atoms with van der Waals surface area (Å²) in [5.41, 5.74) is 4.57. The molecule has 24 heavy (non-hydrogen) atoms. The number of hydrogen-bond donors (Lipinski definition) is 0. The van der Waals surface area contributed by atoms with Gasteiger partial charge in [-0.3, -0.25) is 9.78 Å². The topological polar surface area (TPSA) is 39.2 Å². The van der Waals surface area contributed by atoms with Crippen molar-refractivity contribution in [2.45, 2.75) is 26.2 Å². The molecule has 3 nitrogen and oxygen atoms in total. The van der Waals surface area contributed by atoms with Gasteiger partial charge in [0, 0.05) is 18.0 Å². The number of aromatic nitrogens is 1. The quantitative estimate of drug-likeness (QED) is 0.613. The van der Waals surface area contributed by atoms with Gasteiger partial charge in [-0.05, 0) is 42.5 Å². The average molecular weight is 319 g/mol. The Morgan fingerprint density at radius 3 is 2.67 bits per heavy atom. The fraction of sp³-hybridized carbons (Fsp3) is 0.238. The zero-order valence-electron chi connectivity index (χ0n) is 13.9. The Labute approximate surface area is 142 Å². The van der Waals surface area contributed by atoms with Crippen LogP contribution in [-0.4, -0.2) is 17.6 Å². The minimum Gasteiger partial charge on any atom is -0.466 e. The van der Waals surface area contributed by atoms with Gasteiger partial charge < -0.3 is 4.74 Å². The Kier molecular flexibility index (Phi) is 5.22. The second kappa shape index (κ2) is 7.73. The zero-order chi connectivity index (χ0) is 16.8. The summed E-state index contributed by atoms with van der Waals surface area (Å²) in [6.45, 7) is 2.27. The predicted molar refractivity (Wildman–Crippen MR) is 96.8 cm³/mol. The molecule has 0 aliphatic heterocycles. The number of esters is 1. The van der Waals surface area contributed by atoms with Gasteiger partial charge in [0.15, 0.2) is 0 Å². The lowest BCUT2D eigenvalue weighted by atomic mass is 9.97. The normalized spacial score (nSPS) is 10.7. The van der Waals surface area contributed by atoms with Crippen molar-refractivity contribution in [1.29, 1.82) is 0 Å². The summed E-state index contributed by atoms with van der Waals surface area (Å²) in [7, 11) is 0. The molecular formula is C21H21NO2. The number of rotatable bonds is 6. The summed E-state index contributed by atoms with van der Waals surface area (Å²) in [6, 6.07) is 18.7. The van der Waals surface area contributed by atoms with Gasteiger partial charge in [0.05, 0.1) is 12.1 Å². The first kappa shape index (κ1) is 16.2. The third-order valence-electron chi connectivity index (χ3n) is 4.07. The van der Waals surface area contributed by atoms with Crippen LogP contribution in [0.15, 0.2) is 60.8 Å². The minimum atomic E-state index is -0.129. The molecule has 3 heteroatoms. The number of aryl methyl sites for hydroxylation is 1. The molecule has 0 radical (unpaired) electrons. The molecule has 1 aromatic heterocycles. The maximum absolute atomic E-state index is 11.5. The first-order valence-electron chi connectivity index (χ1n) is 8.37. The fourth-order valence-electron chi connectivity index (χ4n) is 2.96. The van der Waals surface area contributed by atoms with Crippen molar-refractivity contribution >= 4 is 16.9 Å². The Balaban J connectivity index is 1.87. The average Bonchev–Trinajstić information content (AvgIpc) is 2.62. The van der Waals surface area contributed by atoms with Gasteiger partial charge in [-0.25, -0.2) is 0 Å². The van der Waals surface area contributed by atoms with E-state index in [1.807, 2.05) is 31.3 Å². The zero-order valence-corrected chi connectivity index (χ0v) is 13.9. The van der Waals surface area contributed by atoms with Gasteiger partial charge in [0.2, 0.25) is 0 Å². The summed E-state index contributed by atoms with van der Waals surface area (Å²) in [5.74, 6) is -0.129. The first-order chi connectivity index (χ1) is 11.8. The van der Waals surface area contributed by atoms with Crippen molar-refractivity contribution < 1.29 is 9.53 Å². The van der Waals surface area contributed by atoms with Crippen LogP contribution in [0.4, 0.5) is 0 Å². The van der Waals surface area contributed by atoms with Crippen molar-refractivity contribution in [3.05, 3.63) is 66.4 Å². The lowest BCUT2D eigenvalue weighted by Gasteiger charge is -2.10. The molecule has 3 aromatic rings. The maximum atomic E-state index is 11.5. The van der Waals surface area contributed by atoms with Crippen LogP contribution in [0, 0.1) is 0 Å². The van der Waals surface area contributed by atoms with E-state index in [9.17, 15) is 4.79 Å². The van der Waals surface area contributed by atoms with Crippen LogP contribution in [0.3, 0.4) is 0 Å². The number of benzene rings is 2. The van der Waals surface area contributed by atoms with E-state index in [1.165, 1.54) is 16.7 Å². The van der Waals surface area contributed by atoms with Crippen LogP contribution in [0.25, 0.3) is 22.0 Å². The summed E-state index contributed by atoms with van der Waals surface area (Å²) < 4.78 is 4.99. The highest BCUT2D eigenvalue weighted by Gasteiger charge is 2.09. The van der Waals surface area contributed by atoms with Crippen LogP contribution in [0.1, 0.15) is 25.3 Å². The number of pyridine rings is 1. The van der Waals surface area contributed by atoms with E-state index in [0.717, 1.165) is 23.7 Å². The molecule has 0 saturated carbocycles. The number of fused-ring (bicyclic) bond motifs is 1. The molecule has 0 spiro atoms. The second-order valence-corrected chi connectivity index (χ2v) is 5.70. The molecule has 0 N–H and O–H groups in total. The molecule has 0 atom stereocenters. The lowest BCUT2D eigenvalue weighted by Crippen LogP contribution is -2.04. The van der Waals surface area contributed by atoms with Crippen molar-refractivity contribution in [3.8, 4) is 11.1 Å². The van der Waals surface area contributed by atoms with Crippen molar-refractivity contribution in [3.63, 3.8) is 0 Å². The molecule has 1 heterocycles. The van der Waals surface area contributed by atoms with Crippen LogP contribution >= 0.6 is 0 Å². The fourth-order valence-corrected chi connectivity index (χ4v) is 2.96. The van der Waals surface area contributed by atoms with Gasteiger partial charge in [-0.2, -0.15) is 0 Å². The molecule has 0 saturated heterocycles. The van der Waals surface area contributed by atoms with Crippen LogP contribution in [-0.2, 0) is 16.0 Å². The third-order valence-corrected chi connectivity index (χ3v) is 4.07. The van der Waals surface area contributed by atoms with E-state index in [-0.39, 0.29) is 5.97 Å². The van der Waals surface area contributed by atoms with Crippen molar-refractivity contribution in [2.75, 3.05) is 6.61 Å². The largest absolute Gasteiger partial charge is 0.466 e. The minimum absolute atomic E-state index is 0.129.